The topological polar surface area (TPSA) is 21.7 Å². The van der Waals surface area contributed by atoms with Gasteiger partial charge in [0.25, 0.3) is 6.33 Å². The second-order valence-corrected chi connectivity index (χ2v) is 3.25. The Morgan fingerprint density at radius 1 is 1.29 bits per heavy atom. The molecule has 0 fully saturated rings. The summed E-state index contributed by atoms with van der Waals surface area (Å²) >= 11 is 0. The molecule has 0 bridgehead atoms. The van der Waals surface area contributed by atoms with Crippen molar-refractivity contribution < 1.29 is 4.57 Å². The maximum Gasteiger partial charge on any atom is 0.270 e. The number of aryl methyl sites for hydroxylation is 1. The first kappa shape index (κ1) is 8.94. The third kappa shape index (κ3) is 1.82. The Morgan fingerprint density at radius 2 is 2.07 bits per heavy atom. The Kier molecular flexibility index (Phi) is 2.58. The van der Waals surface area contributed by atoms with Gasteiger partial charge < -0.3 is 0 Å². The summed E-state index contributed by atoms with van der Waals surface area (Å²) in [4.78, 5) is 0. The molecule has 1 heterocycles. The molecule has 0 aliphatic heterocycles. The third-order valence-corrected chi connectivity index (χ3v) is 2.09. The van der Waals surface area contributed by atoms with Gasteiger partial charge in [-0.25, -0.2) is 4.57 Å². The molecule has 0 atom stereocenters. The minimum Gasteiger partial charge on any atom is -0.203 e. The van der Waals surface area contributed by atoms with Crippen LogP contribution >= 0.6 is 0 Å². The standard InChI is InChI=1S/C11H14N3/c1-2-8-14-10-13(9-12-14)11-6-4-3-5-7-11/h3-7,9-10H,2,8H2,1H3/q+1. The second-order valence-electron chi connectivity index (χ2n) is 3.25. The number of para-hydroxylation sites is 1. The Balaban J connectivity index is 2.25. The normalized spacial score (nSPS) is 10.4. The van der Waals surface area contributed by atoms with Crippen LogP contribution in [0.1, 0.15) is 13.3 Å². The van der Waals surface area contributed by atoms with Crippen molar-refractivity contribution in [1.82, 2.24) is 9.78 Å². The molecule has 0 spiro atoms. The molecule has 0 saturated heterocycles. The van der Waals surface area contributed by atoms with Crippen molar-refractivity contribution in [1.29, 1.82) is 0 Å². The van der Waals surface area contributed by atoms with E-state index < -0.39 is 0 Å². The molecule has 0 saturated carbocycles. The molecule has 14 heavy (non-hydrogen) atoms. The molecule has 72 valence electrons. The average Bonchev–Trinajstić information content (AvgIpc) is 2.68. The molecular formula is C11H14N3+. The Morgan fingerprint density at radius 3 is 2.79 bits per heavy atom. The van der Waals surface area contributed by atoms with Crippen LogP contribution in [0.4, 0.5) is 0 Å². The van der Waals surface area contributed by atoms with Crippen molar-refractivity contribution in [3.63, 3.8) is 0 Å². The van der Waals surface area contributed by atoms with Gasteiger partial charge in [-0.05, 0) is 18.6 Å². The molecule has 0 amide bonds. The fraction of sp³-hybridized carbons (Fsp3) is 0.273. The lowest BCUT2D eigenvalue weighted by molar-refractivity contribution is -0.596. The van der Waals surface area contributed by atoms with Crippen LogP contribution in [-0.4, -0.2) is 9.78 Å². The number of hydrogen-bond acceptors (Lipinski definition) is 1. The van der Waals surface area contributed by atoms with Gasteiger partial charge in [-0.1, -0.05) is 25.1 Å². The summed E-state index contributed by atoms with van der Waals surface area (Å²) in [7, 11) is 0. The summed E-state index contributed by atoms with van der Waals surface area (Å²) in [6, 6.07) is 10.2. The van der Waals surface area contributed by atoms with Crippen molar-refractivity contribution in [3.8, 4) is 5.69 Å². The zero-order valence-corrected chi connectivity index (χ0v) is 8.30. The SMILES string of the molecule is CCCn1c[n+](-c2ccccc2)cn1. The van der Waals surface area contributed by atoms with E-state index in [1.54, 1.807) is 0 Å². The van der Waals surface area contributed by atoms with Crippen LogP contribution < -0.4 is 4.57 Å². The molecule has 2 rings (SSSR count). The smallest absolute Gasteiger partial charge is 0.203 e. The van der Waals surface area contributed by atoms with E-state index in [0.717, 1.165) is 18.7 Å². The average molecular weight is 188 g/mol. The molecule has 3 nitrogen and oxygen atoms in total. The summed E-state index contributed by atoms with van der Waals surface area (Å²) < 4.78 is 3.97. The monoisotopic (exact) mass is 188 g/mol. The molecule has 0 unspecified atom stereocenters. The summed E-state index contributed by atoms with van der Waals surface area (Å²) in [6.45, 7) is 3.12. The van der Waals surface area contributed by atoms with Gasteiger partial charge in [-0.15, -0.1) is 4.68 Å². The lowest BCUT2D eigenvalue weighted by atomic mass is 10.3. The fourth-order valence-corrected chi connectivity index (χ4v) is 1.40. The van der Waals surface area contributed by atoms with Crippen molar-refractivity contribution >= 4 is 0 Å². The van der Waals surface area contributed by atoms with E-state index in [-0.39, 0.29) is 0 Å². The highest BCUT2D eigenvalue weighted by molar-refractivity contribution is 5.20. The van der Waals surface area contributed by atoms with Crippen LogP contribution in [0, 0.1) is 0 Å². The minimum absolute atomic E-state index is 0.972. The quantitative estimate of drug-likeness (QED) is 0.670. The lowest BCUT2D eigenvalue weighted by Crippen LogP contribution is -2.27. The van der Waals surface area contributed by atoms with Gasteiger partial charge >= 0.3 is 0 Å². The summed E-state index contributed by atoms with van der Waals surface area (Å²) in [6.07, 6.45) is 4.96. The summed E-state index contributed by atoms with van der Waals surface area (Å²) in [5.74, 6) is 0. The molecule has 0 aliphatic rings. The highest BCUT2D eigenvalue weighted by atomic mass is 15.3. The molecule has 1 aromatic carbocycles. The van der Waals surface area contributed by atoms with E-state index in [1.165, 1.54) is 0 Å². The molecule has 0 N–H and O–H groups in total. The van der Waals surface area contributed by atoms with Crippen molar-refractivity contribution in [2.45, 2.75) is 19.9 Å². The van der Waals surface area contributed by atoms with Crippen LogP contribution in [-0.2, 0) is 6.54 Å². The minimum atomic E-state index is 0.972. The zero-order chi connectivity index (χ0) is 9.80. The van der Waals surface area contributed by atoms with Crippen molar-refractivity contribution in [2.75, 3.05) is 0 Å². The van der Waals surface area contributed by atoms with Gasteiger partial charge in [0, 0.05) is 5.10 Å². The van der Waals surface area contributed by atoms with Gasteiger partial charge in [0.2, 0.25) is 6.33 Å². The number of benzene rings is 1. The summed E-state index contributed by atoms with van der Waals surface area (Å²) in [5.41, 5.74) is 1.15. The Bertz CT molecular complexity index is 392. The number of aromatic nitrogens is 3. The maximum atomic E-state index is 4.26. The van der Waals surface area contributed by atoms with E-state index in [0.29, 0.717) is 0 Å². The van der Waals surface area contributed by atoms with Crippen LogP contribution in [0.2, 0.25) is 0 Å². The highest BCUT2D eigenvalue weighted by Crippen LogP contribution is 1.96. The van der Waals surface area contributed by atoms with Crippen LogP contribution in [0.25, 0.3) is 5.69 Å². The van der Waals surface area contributed by atoms with Gasteiger partial charge in [-0.3, -0.25) is 0 Å². The van der Waals surface area contributed by atoms with Crippen LogP contribution in [0.3, 0.4) is 0 Å². The predicted molar refractivity (Wildman–Crippen MR) is 54.1 cm³/mol. The van der Waals surface area contributed by atoms with E-state index >= 15 is 0 Å². The first-order valence-electron chi connectivity index (χ1n) is 4.89. The van der Waals surface area contributed by atoms with E-state index in [4.69, 9.17) is 0 Å². The van der Waals surface area contributed by atoms with Gasteiger partial charge in [0.15, 0.2) is 0 Å². The maximum absolute atomic E-state index is 4.26. The first-order valence-corrected chi connectivity index (χ1v) is 4.89. The number of rotatable bonds is 3. The second kappa shape index (κ2) is 4.05. The molecular weight excluding hydrogens is 174 g/mol. The molecule has 0 aliphatic carbocycles. The number of nitrogens with zero attached hydrogens (tertiary/aromatic N) is 3. The van der Waals surface area contributed by atoms with Crippen LogP contribution in [0.15, 0.2) is 43.0 Å². The first-order chi connectivity index (χ1) is 6.90. The fourth-order valence-electron chi connectivity index (χ4n) is 1.40. The molecule has 1 aromatic heterocycles. The highest BCUT2D eigenvalue weighted by Gasteiger charge is 2.05. The lowest BCUT2D eigenvalue weighted by Gasteiger charge is -1.92. The summed E-state index contributed by atoms with van der Waals surface area (Å²) in [5, 5.41) is 4.26. The van der Waals surface area contributed by atoms with E-state index in [9.17, 15) is 0 Å². The largest absolute Gasteiger partial charge is 0.270 e. The molecule has 3 heteroatoms. The van der Waals surface area contributed by atoms with Crippen LogP contribution in [0.5, 0.6) is 0 Å². The Hall–Kier alpha value is -1.64. The number of hydrogen-bond donors (Lipinski definition) is 0. The van der Waals surface area contributed by atoms with Gasteiger partial charge in [0.05, 0.1) is 0 Å². The van der Waals surface area contributed by atoms with E-state index in [2.05, 4.69) is 24.2 Å². The predicted octanol–water partition coefficient (Wildman–Crippen LogP) is 1.57. The van der Waals surface area contributed by atoms with Crippen molar-refractivity contribution in [2.24, 2.45) is 0 Å². The molecule has 2 aromatic rings. The van der Waals surface area contributed by atoms with Gasteiger partial charge in [0.1, 0.15) is 12.2 Å². The molecule has 0 radical (unpaired) electrons. The third-order valence-electron chi connectivity index (χ3n) is 2.09. The van der Waals surface area contributed by atoms with Gasteiger partial charge in [-0.2, -0.15) is 0 Å². The Labute approximate surface area is 83.6 Å². The zero-order valence-electron chi connectivity index (χ0n) is 8.30. The van der Waals surface area contributed by atoms with Crippen molar-refractivity contribution in [3.05, 3.63) is 43.0 Å². The van der Waals surface area contributed by atoms with E-state index in [1.807, 2.05) is 40.1 Å².